The minimum atomic E-state index is -1.21. The lowest BCUT2D eigenvalue weighted by atomic mass is 10.1. The summed E-state index contributed by atoms with van der Waals surface area (Å²) in [5.74, 6) is -2.07. The molecule has 0 aromatic heterocycles. The summed E-state index contributed by atoms with van der Waals surface area (Å²) in [5.41, 5.74) is -0.786. The van der Waals surface area contributed by atoms with Gasteiger partial charge in [0.2, 0.25) is 5.82 Å². The summed E-state index contributed by atoms with van der Waals surface area (Å²) in [4.78, 5) is 9.69. The zero-order valence-electron chi connectivity index (χ0n) is 10.9. The third-order valence-corrected chi connectivity index (χ3v) is 2.74. The first-order valence-corrected chi connectivity index (χ1v) is 5.95. The summed E-state index contributed by atoms with van der Waals surface area (Å²) in [6, 6.07) is 1.13. The molecule has 1 atom stereocenters. The molecule has 0 saturated carbocycles. The number of aliphatic hydroxyl groups is 1. The highest BCUT2D eigenvalue weighted by Crippen LogP contribution is 2.21. The van der Waals surface area contributed by atoms with Crippen LogP contribution in [0.3, 0.4) is 0 Å². The lowest BCUT2D eigenvalue weighted by Gasteiger charge is -2.17. The summed E-state index contributed by atoms with van der Waals surface area (Å²) in [6.07, 6.45) is 0.388. The highest BCUT2D eigenvalue weighted by atomic mass is 19.1. The third-order valence-electron chi connectivity index (χ3n) is 2.74. The molecule has 0 saturated heterocycles. The van der Waals surface area contributed by atoms with E-state index < -0.39 is 22.2 Å². The predicted molar refractivity (Wildman–Crippen MR) is 67.2 cm³/mol. The van der Waals surface area contributed by atoms with Crippen LogP contribution >= 0.6 is 0 Å². The Bertz CT molecular complexity index is 465. The van der Waals surface area contributed by atoms with E-state index in [1.54, 1.807) is 0 Å². The molecule has 0 radical (unpaired) electrons. The van der Waals surface area contributed by atoms with Crippen LogP contribution in [-0.2, 0) is 11.3 Å². The van der Waals surface area contributed by atoms with E-state index in [1.807, 2.05) is 0 Å². The lowest BCUT2D eigenvalue weighted by Crippen LogP contribution is -2.33. The fraction of sp³-hybridized carbons (Fsp3) is 0.500. The Morgan fingerprint density at radius 2 is 2.15 bits per heavy atom. The van der Waals surface area contributed by atoms with Gasteiger partial charge in [0, 0.05) is 44.0 Å². The highest BCUT2D eigenvalue weighted by Gasteiger charge is 2.19. The average Bonchev–Trinajstić information content (AvgIpc) is 2.37. The van der Waals surface area contributed by atoms with Crippen LogP contribution in [0.25, 0.3) is 0 Å². The number of nitro groups is 1. The van der Waals surface area contributed by atoms with Gasteiger partial charge < -0.3 is 15.2 Å². The topological polar surface area (TPSA) is 84.6 Å². The van der Waals surface area contributed by atoms with Gasteiger partial charge in [-0.25, -0.2) is 4.39 Å². The van der Waals surface area contributed by atoms with E-state index in [0.29, 0.717) is 19.1 Å². The number of hydrogen-bond acceptors (Lipinski definition) is 5. The molecule has 112 valence electrons. The molecule has 0 heterocycles. The minimum absolute atomic E-state index is 0.0165. The van der Waals surface area contributed by atoms with Crippen LogP contribution in [0.1, 0.15) is 12.0 Å². The van der Waals surface area contributed by atoms with E-state index >= 15 is 0 Å². The summed E-state index contributed by atoms with van der Waals surface area (Å²) < 4.78 is 31.6. The van der Waals surface area contributed by atoms with Crippen molar-refractivity contribution in [1.82, 2.24) is 5.32 Å². The SMILES string of the molecule is COCC(CCO)NCc1cc([N+](=O)[O-])c(F)cc1F. The van der Waals surface area contributed by atoms with Crippen LogP contribution in [0.4, 0.5) is 14.5 Å². The van der Waals surface area contributed by atoms with Crippen molar-refractivity contribution in [2.24, 2.45) is 0 Å². The van der Waals surface area contributed by atoms with Crippen molar-refractivity contribution in [1.29, 1.82) is 0 Å². The van der Waals surface area contributed by atoms with E-state index in [9.17, 15) is 18.9 Å². The number of aliphatic hydroxyl groups excluding tert-OH is 1. The number of nitro benzene ring substituents is 1. The van der Waals surface area contributed by atoms with Gasteiger partial charge >= 0.3 is 5.69 Å². The zero-order chi connectivity index (χ0) is 15.1. The van der Waals surface area contributed by atoms with Gasteiger partial charge in [0.05, 0.1) is 11.5 Å². The Morgan fingerprint density at radius 1 is 1.45 bits per heavy atom. The van der Waals surface area contributed by atoms with E-state index in [0.717, 1.165) is 6.07 Å². The first kappa shape index (κ1) is 16.4. The summed E-state index contributed by atoms with van der Waals surface area (Å²) in [5, 5.41) is 22.4. The number of rotatable bonds is 8. The number of nitrogens with one attached hydrogen (secondary N) is 1. The summed E-state index contributed by atoms with van der Waals surface area (Å²) >= 11 is 0. The number of methoxy groups -OCH3 is 1. The van der Waals surface area contributed by atoms with Crippen LogP contribution in [0.2, 0.25) is 0 Å². The summed E-state index contributed by atoms with van der Waals surface area (Å²) in [7, 11) is 1.48. The maximum absolute atomic E-state index is 13.5. The Hall–Kier alpha value is -1.64. The number of nitrogens with zero attached hydrogens (tertiary/aromatic N) is 1. The van der Waals surface area contributed by atoms with Gasteiger partial charge in [-0.1, -0.05) is 0 Å². The third kappa shape index (κ3) is 4.48. The molecule has 0 aliphatic heterocycles. The molecule has 0 amide bonds. The highest BCUT2D eigenvalue weighted by molar-refractivity contribution is 5.37. The van der Waals surface area contributed by atoms with Crippen LogP contribution in [0, 0.1) is 21.7 Å². The van der Waals surface area contributed by atoms with Crippen molar-refractivity contribution in [3.63, 3.8) is 0 Å². The van der Waals surface area contributed by atoms with Crippen molar-refractivity contribution >= 4 is 5.69 Å². The summed E-state index contributed by atoms with van der Waals surface area (Å²) in [6.45, 7) is 0.194. The molecular weight excluding hydrogens is 274 g/mol. The maximum atomic E-state index is 13.5. The van der Waals surface area contributed by atoms with Gasteiger partial charge in [0.1, 0.15) is 5.82 Å². The molecule has 0 aliphatic carbocycles. The average molecular weight is 290 g/mol. The second-order valence-electron chi connectivity index (χ2n) is 4.20. The Balaban J connectivity index is 2.81. The van der Waals surface area contributed by atoms with Gasteiger partial charge in [-0.05, 0) is 6.42 Å². The molecule has 1 aromatic carbocycles. The molecule has 0 aliphatic rings. The Labute approximate surface area is 114 Å². The monoisotopic (exact) mass is 290 g/mol. The zero-order valence-corrected chi connectivity index (χ0v) is 10.9. The van der Waals surface area contributed by atoms with Crippen LogP contribution in [0.5, 0.6) is 0 Å². The fourth-order valence-electron chi connectivity index (χ4n) is 1.71. The van der Waals surface area contributed by atoms with Crippen LogP contribution in [0.15, 0.2) is 12.1 Å². The first-order chi connectivity index (χ1) is 9.49. The fourth-order valence-corrected chi connectivity index (χ4v) is 1.71. The Kier molecular flexibility index (Phi) is 6.43. The number of benzene rings is 1. The molecule has 0 spiro atoms. The normalized spacial score (nSPS) is 12.4. The molecule has 6 nitrogen and oxygen atoms in total. The van der Waals surface area contributed by atoms with Crippen LogP contribution < -0.4 is 5.32 Å². The number of halogens is 2. The smallest absolute Gasteiger partial charge is 0.305 e. The van der Waals surface area contributed by atoms with E-state index in [4.69, 9.17) is 9.84 Å². The molecule has 0 fully saturated rings. The van der Waals surface area contributed by atoms with E-state index in [2.05, 4.69) is 5.32 Å². The maximum Gasteiger partial charge on any atom is 0.305 e. The quantitative estimate of drug-likeness (QED) is 0.558. The second-order valence-corrected chi connectivity index (χ2v) is 4.20. The van der Waals surface area contributed by atoms with E-state index in [-0.39, 0.29) is 24.8 Å². The lowest BCUT2D eigenvalue weighted by molar-refractivity contribution is -0.387. The second kappa shape index (κ2) is 7.83. The van der Waals surface area contributed by atoms with E-state index in [1.165, 1.54) is 7.11 Å². The molecule has 20 heavy (non-hydrogen) atoms. The van der Waals surface area contributed by atoms with Crippen molar-refractivity contribution in [3.05, 3.63) is 39.4 Å². The molecule has 2 N–H and O–H groups in total. The molecule has 1 unspecified atom stereocenters. The minimum Gasteiger partial charge on any atom is -0.396 e. The van der Waals surface area contributed by atoms with Crippen molar-refractivity contribution < 1.29 is 23.5 Å². The molecular formula is C12H16F2N2O4. The first-order valence-electron chi connectivity index (χ1n) is 5.95. The number of hydrogen-bond donors (Lipinski definition) is 2. The van der Waals surface area contributed by atoms with Gasteiger partial charge in [-0.15, -0.1) is 0 Å². The number of ether oxygens (including phenoxy) is 1. The molecule has 8 heteroatoms. The van der Waals surface area contributed by atoms with Crippen molar-refractivity contribution in [3.8, 4) is 0 Å². The largest absolute Gasteiger partial charge is 0.396 e. The standard InChI is InChI=1S/C12H16F2N2O4/c1-20-7-9(2-3-17)15-6-8-4-12(16(18)19)11(14)5-10(8)13/h4-5,9,15,17H,2-3,6-7H2,1H3. The van der Waals surface area contributed by atoms with Gasteiger partial charge in [-0.3, -0.25) is 10.1 Å². The van der Waals surface area contributed by atoms with Crippen molar-refractivity contribution in [2.75, 3.05) is 20.3 Å². The Morgan fingerprint density at radius 3 is 2.70 bits per heavy atom. The van der Waals surface area contributed by atoms with Crippen molar-refractivity contribution in [2.45, 2.75) is 19.0 Å². The molecule has 0 bridgehead atoms. The molecule has 1 rings (SSSR count). The van der Waals surface area contributed by atoms with Gasteiger partial charge in [-0.2, -0.15) is 4.39 Å². The predicted octanol–water partition coefficient (Wildman–Crippen LogP) is 1.36. The van der Waals surface area contributed by atoms with Gasteiger partial charge in [0.15, 0.2) is 0 Å². The van der Waals surface area contributed by atoms with Crippen LogP contribution in [-0.4, -0.2) is 36.4 Å². The van der Waals surface area contributed by atoms with Gasteiger partial charge in [0.25, 0.3) is 0 Å². The molecule has 1 aromatic rings.